The van der Waals surface area contributed by atoms with Gasteiger partial charge in [0, 0.05) is 8.95 Å². The van der Waals surface area contributed by atoms with Gasteiger partial charge in [0.2, 0.25) is 0 Å². The molecule has 2 aromatic rings. The standard InChI is InChI=1S/C11H13Br.C11H11Br/c2*1-2-8-3-4-9-5-6-10(12)7-11(8)9/h5-8H,2-4H2,1H3;2,5-7H,3-4H2,1H3. The first kappa shape index (κ1) is 17.9. The molecule has 0 spiro atoms. The van der Waals surface area contributed by atoms with Gasteiger partial charge < -0.3 is 0 Å². The van der Waals surface area contributed by atoms with E-state index in [0.717, 1.165) is 5.92 Å². The van der Waals surface area contributed by atoms with E-state index in [1.807, 2.05) is 0 Å². The number of aryl methyl sites for hydroxylation is 2. The van der Waals surface area contributed by atoms with Crippen LogP contribution < -0.4 is 0 Å². The van der Waals surface area contributed by atoms with Gasteiger partial charge in [-0.05, 0) is 97.0 Å². The fraction of sp³-hybridized carbons (Fsp3) is 0.364. The molecular weight excluding hydrogens is 424 g/mol. The molecule has 0 heterocycles. The number of hydrogen-bond donors (Lipinski definition) is 0. The zero-order valence-corrected chi connectivity index (χ0v) is 17.6. The van der Waals surface area contributed by atoms with Crippen molar-refractivity contribution in [1.29, 1.82) is 0 Å². The Hall–Kier alpha value is -0.860. The monoisotopic (exact) mass is 446 g/mol. The summed E-state index contributed by atoms with van der Waals surface area (Å²) in [5.74, 6) is 0.817. The fourth-order valence-electron chi connectivity index (χ4n) is 3.85. The first-order valence-electron chi connectivity index (χ1n) is 8.84. The number of hydrogen-bond acceptors (Lipinski definition) is 0. The van der Waals surface area contributed by atoms with Crippen LogP contribution >= 0.6 is 31.9 Å². The molecule has 0 radical (unpaired) electrons. The van der Waals surface area contributed by atoms with Gasteiger partial charge in [-0.15, -0.1) is 0 Å². The Morgan fingerprint density at radius 1 is 0.958 bits per heavy atom. The average Bonchev–Trinajstić information content (AvgIpc) is 3.17. The number of halogens is 2. The Balaban J connectivity index is 0.000000141. The molecule has 2 aliphatic rings. The highest BCUT2D eigenvalue weighted by atomic mass is 79.9. The molecule has 0 fully saturated rings. The molecule has 0 bridgehead atoms. The Morgan fingerprint density at radius 2 is 1.67 bits per heavy atom. The lowest BCUT2D eigenvalue weighted by atomic mass is 9.99. The van der Waals surface area contributed by atoms with Gasteiger partial charge in [-0.3, -0.25) is 0 Å². The van der Waals surface area contributed by atoms with Crippen LogP contribution in [-0.2, 0) is 12.8 Å². The summed E-state index contributed by atoms with van der Waals surface area (Å²) in [7, 11) is 0. The highest BCUT2D eigenvalue weighted by molar-refractivity contribution is 9.10. The Labute approximate surface area is 162 Å². The van der Waals surface area contributed by atoms with Crippen LogP contribution in [-0.4, -0.2) is 0 Å². The summed E-state index contributed by atoms with van der Waals surface area (Å²) in [4.78, 5) is 0. The van der Waals surface area contributed by atoms with Crippen molar-refractivity contribution < 1.29 is 0 Å². The zero-order chi connectivity index (χ0) is 17.1. The predicted molar refractivity (Wildman–Crippen MR) is 112 cm³/mol. The number of benzene rings is 2. The first-order chi connectivity index (χ1) is 11.6. The van der Waals surface area contributed by atoms with Crippen molar-refractivity contribution in [2.24, 2.45) is 0 Å². The largest absolute Gasteiger partial charge is 0.0838 e. The molecule has 126 valence electrons. The van der Waals surface area contributed by atoms with E-state index in [4.69, 9.17) is 0 Å². The van der Waals surface area contributed by atoms with Gasteiger partial charge in [0.25, 0.3) is 0 Å². The molecule has 0 amide bonds. The van der Waals surface area contributed by atoms with Gasteiger partial charge in [-0.25, -0.2) is 0 Å². The molecule has 24 heavy (non-hydrogen) atoms. The average molecular weight is 448 g/mol. The number of fused-ring (bicyclic) bond motifs is 2. The summed E-state index contributed by atoms with van der Waals surface area (Å²) in [6.07, 6.45) is 8.55. The van der Waals surface area contributed by atoms with Crippen molar-refractivity contribution in [2.75, 3.05) is 0 Å². The summed E-state index contributed by atoms with van der Waals surface area (Å²) in [5.41, 5.74) is 7.56. The maximum atomic E-state index is 3.52. The van der Waals surface area contributed by atoms with Gasteiger partial charge >= 0.3 is 0 Å². The molecule has 0 N–H and O–H groups in total. The molecule has 1 unspecified atom stereocenters. The highest BCUT2D eigenvalue weighted by Gasteiger charge is 2.20. The lowest BCUT2D eigenvalue weighted by Crippen LogP contribution is -1.89. The molecule has 0 saturated carbocycles. The third-order valence-electron chi connectivity index (χ3n) is 5.23. The molecule has 0 aromatic heterocycles. The lowest BCUT2D eigenvalue weighted by Gasteiger charge is -2.07. The molecule has 2 aromatic carbocycles. The van der Waals surface area contributed by atoms with Gasteiger partial charge in [0.1, 0.15) is 0 Å². The van der Waals surface area contributed by atoms with Crippen LogP contribution in [0.1, 0.15) is 61.3 Å². The first-order valence-corrected chi connectivity index (χ1v) is 10.4. The van der Waals surface area contributed by atoms with Gasteiger partial charge in [-0.1, -0.05) is 57.0 Å². The van der Waals surface area contributed by atoms with E-state index in [1.54, 1.807) is 11.1 Å². The summed E-state index contributed by atoms with van der Waals surface area (Å²) in [5, 5.41) is 0. The smallest absolute Gasteiger partial charge is 0.0181 e. The van der Waals surface area contributed by atoms with Gasteiger partial charge in [-0.2, -0.15) is 0 Å². The molecule has 2 aliphatic carbocycles. The van der Waals surface area contributed by atoms with E-state index in [2.05, 4.69) is 88.2 Å². The van der Waals surface area contributed by atoms with Crippen molar-refractivity contribution in [2.45, 2.75) is 51.9 Å². The minimum absolute atomic E-state index is 0.817. The van der Waals surface area contributed by atoms with Crippen LogP contribution in [0.3, 0.4) is 0 Å². The minimum atomic E-state index is 0.817. The van der Waals surface area contributed by atoms with Crippen LogP contribution in [0.5, 0.6) is 0 Å². The second-order valence-corrected chi connectivity index (χ2v) is 8.43. The van der Waals surface area contributed by atoms with Crippen molar-refractivity contribution in [3.8, 4) is 0 Å². The van der Waals surface area contributed by atoms with E-state index in [9.17, 15) is 0 Å². The summed E-state index contributed by atoms with van der Waals surface area (Å²) in [6.45, 7) is 4.39. The van der Waals surface area contributed by atoms with Crippen molar-refractivity contribution in [3.05, 3.63) is 73.7 Å². The van der Waals surface area contributed by atoms with Crippen LogP contribution in [0.4, 0.5) is 0 Å². The molecule has 0 aliphatic heterocycles. The van der Waals surface area contributed by atoms with Crippen molar-refractivity contribution in [3.63, 3.8) is 0 Å². The maximum Gasteiger partial charge on any atom is 0.0181 e. The SMILES string of the molecule is CC=C1CCc2ccc(Br)cc21.CCC1CCc2ccc(Br)cc21. The third kappa shape index (κ3) is 3.86. The van der Waals surface area contributed by atoms with Crippen LogP contribution in [0.15, 0.2) is 51.4 Å². The molecule has 0 nitrogen and oxygen atoms in total. The molecule has 0 saturated heterocycles. The van der Waals surface area contributed by atoms with Crippen molar-refractivity contribution in [1.82, 2.24) is 0 Å². The molecule has 2 heteroatoms. The normalized spacial score (nSPS) is 19.7. The van der Waals surface area contributed by atoms with E-state index in [-0.39, 0.29) is 0 Å². The second-order valence-electron chi connectivity index (χ2n) is 6.60. The third-order valence-corrected chi connectivity index (χ3v) is 6.22. The van der Waals surface area contributed by atoms with Gasteiger partial charge in [0.15, 0.2) is 0 Å². The molecular formula is C22H24Br2. The Morgan fingerprint density at radius 3 is 2.38 bits per heavy atom. The van der Waals surface area contributed by atoms with E-state index in [0.29, 0.717) is 0 Å². The zero-order valence-electron chi connectivity index (χ0n) is 14.4. The maximum absolute atomic E-state index is 3.52. The molecule has 4 rings (SSSR count). The second kappa shape index (κ2) is 8.01. The molecule has 1 atom stereocenters. The van der Waals surface area contributed by atoms with Crippen LogP contribution in [0, 0.1) is 0 Å². The topological polar surface area (TPSA) is 0 Å². The summed E-state index contributed by atoms with van der Waals surface area (Å²) in [6, 6.07) is 13.3. The van der Waals surface area contributed by atoms with Gasteiger partial charge in [0.05, 0.1) is 0 Å². The lowest BCUT2D eigenvalue weighted by molar-refractivity contribution is 0.656. The van der Waals surface area contributed by atoms with Crippen LogP contribution in [0.2, 0.25) is 0 Å². The minimum Gasteiger partial charge on any atom is -0.0838 e. The summed E-state index contributed by atoms with van der Waals surface area (Å²) >= 11 is 7.02. The van der Waals surface area contributed by atoms with Crippen LogP contribution in [0.25, 0.3) is 5.57 Å². The highest BCUT2D eigenvalue weighted by Crippen LogP contribution is 2.36. The number of allylic oxidation sites excluding steroid dienone is 2. The van der Waals surface area contributed by atoms with Crippen molar-refractivity contribution >= 4 is 37.4 Å². The van der Waals surface area contributed by atoms with E-state index < -0.39 is 0 Å². The van der Waals surface area contributed by atoms with E-state index in [1.165, 1.54) is 57.7 Å². The fourth-order valence-corrected chi connectivity index (χ4v) is 4.59. The number of rotatable bonds is 1. The quantitative estimate of drug-likeness (QED) is 0.420. The Kier molecular flexibility index (Phi) is 5.99. The predicted octanol–water partition coefficient (Wildman–Crippen LogP) is 7.69. The summed E-state index contributed by atoms with van der Waals surface area (Å²) < 4.78 is 2.41. The van der Waals surface area contributed by atoms with E-state index >= 15 is 0 Å². The Bertz CT molecular complexity index is 759.